The van der Waals surface area contributed by atoms with Gasteiger partial charge in [-0.05, 0) is 50.4 Å². The van der Waals surface area contributed by atoms with E-state index in [2.05, 4.69) is 30.8 Å². The SMILES string of the molecule is Cn1nnnc1SCC1CC(c2ccc(CO)cc2)OC(c2ccc(-c3ccccc3CNC(=O)c3cnc4ccccc4n3)cc2)O1. The predicted molar refractivity (Wildman–Crippen MR) is 181 cm³/mol. The van der Waals surface area contributed by atoms with Crippen molar-refractivity contribution < 1.29 is 19.4 Å². The predicted octanol–water partition coefficient (Wildman–Crippen LogP) is 5.58. The second-order valence-electron chi connectivity index (χ2n) is 11.5. The van der Waals surface area contributed by atoms with Crippen molar-refractivity contribution in [3.63, 3.8) is 0 Å². The number of carbonyl (C=O) groups is 1. The zero-order chi connectivity index (χ0) is 32.9. The van der Waals surface area contributed by atoms with Gasteiger partial charge >= 0.3 is 0 Å². The van der Waals surface area contributed by atoms with Gasteiger partial charge in [0.05, 0.1) is 36.0 Å². The number of aliphatic hydroxyl groups excluding tert-OH is 1. The van der Waals surface area contributed by atoms with Gasteiger partial charge in [-0.2, -0.15) is 0 Å². The van der Waals surface area contributed by atoms with Crippen LogP contribution in [0.25, 0.3) is 22.2 Å². The molecule has 12 heteroatoms. The first-order valence-corrected chi connectivity index (χ1v) is 16.6. The molecule has 2 aromatic heterocycles. The maximum absolute atomic E-state index is 13.0. The fourth-order valence-corrected chi connectivity index (χ4v) is 6.51. The Morgan fingerprint density at radius 3 is 2.46 bits per heavy atom. The number of amides is 1. The van der Waals surface area contributed by atoms with Crippen LogP contribution in [0, 0.1) is 0 Å². The van der Waals surface area contributed by atoms with Crippen molar-refractivity contribution in [1.29, 1.82) is 0 Å². The second kappa shape index (κ2) is 14.4. The van der Waals surface area contributed by atoms with Crippen LogP contribution in [0.4, 0.5) is 0 Å². The summed E-state index contributed by atoms with van der Waals surface area (Å²) in [6.07, 6.45) is 1.26. The zero-order valence-corrected chi connectivity index (χ0v) is 27.0. The molecular weight excluding hydrogens is 627 g/mol. The van der Waals surface area contributed by atoms with Gasteiger partial charge < -0.3 is 19.9 Å². The highest BCUT2D eigenvalue weighted by atomic mass is 32.2. The Bertz CT molecular complexity index is 2020. The molecule has 3 unspecified atom stereocenters. The molecule has 0 spiro atoms. The lowest BCUT2D eigenvalue weighted by Crippen LogP contribution is -2.31. The number of nitrogens with zero attached hydrogens (tertiary/aromatic N) is 6. The minimum absolute atomic E-state index is 0.0104. The molecule has 1 saturated heterocycles. The Hall–Kier alpha value is -5.01. The topological polar surface area (TPSA) is 137 Å². The number of rotatable bonds is 10. The third kappa shape index (κ3) is 7.11. The molecule has 242 valence electrons. The Morgan fingerprint density at radius 2 is 1.69 bits per heavy atom. The highest BCUT2D eigenvalue weighted by Gasteiger charge is 2.32. The van der Waals surface area contributed by atoms with Gasteiger partial charge in [-0.25, -0.2) is 9.67 Å². The van der Waals surface area contributed by atoms with Crippen LogP contribution in [0.1, 0.15) is 51.6 Å². The largest absolute Gasteiger partial charge is 0.392 e. The molecule has 1 fully saturated rings. The Kier molecular flexibility index (Phi) is 9.48. The highest BCUT2D eigenvalue weighted by Crippen LogP contribution is 2.40. The first kappa shape index (κ1) is 31.6. The number of aryl methyl sites for hydroxylation is 1. The number of nitrogens with one attached hydrogen (secondary N) is 1. The number of aliphatic hydroxyl groups is 1. The summed E-state index contributed by atoms with van der Waals surface area (Å²) in [5.41, 5.74) is 7.44. The maximum Gasteiger partial charge on any atom is 0.271 e. The number of hydrogen-bond donors (Lipinski definition) is 2. The van der Waals surface area contributed by atoms with Gasteiger partial charge in [0.2, 0.25) is 5.16 Å². The molecule has 7 rings (SSSR count). The molecule has 0 aliphatic carbocycles. The van der Waals surface area contributed by atoms with E-state index >= 15 is 0 Å². The van der Waals surface area contributed by atoms with Crippen molar-refractivity contribution in [1.82, 2.24) is 35.5 Å². The van der Waals surface area contributed by atoms with E-state index in [1.165, 1.54) is 6.20 Å². The molecule has 4 aromatic carbocycles. The molecule has 3 atom stereocenters. The van der Waals surface area contributed by atoms with Gasteiger partial charge in [0.15, 0.2) is 6.29 Å². The van der Waals surface area contributed by atoms with E-state index in [0.29, 0.717) is 24.2 Å². The van der Waals surface area contributed by atoms with E-state index in [0.717, 1.165) is 44.1 Å². The van der Waals surface area contributed by atoms with Crippen LogP contribution in [0.2, 0.25) is 0 Å². The summed E-state index contributed by atoms with van der Waals surface area (Å²) < 4.78 is 14.7. The maximum atomic E-state index is 13.0. The van der Waals surface area contributed by atoms with Crippen molar-refractivity contribution in [3.8, 4) is 11.1 Å². The van der Waals surface area contributed by atoms with Crippen LogP contribution >= 0.6 is 11.8 Å². The van der Waals surface area contributed by atoms with Crippen molar-refractivity contribution in [2.24, 2.45) is 7.05 Å². The minimum Gasteiger partial charge on any atom is -0.392 e. The van der Waals surface area contributed by atoms with Gasteiger partial charge in [-0.1, -0.05) is 96.7 Å². The average molecular weight is 660 g/mol. The number of carbonyl (C=O) groups excluding carboxylic acids is 1. The fraction of sp³-hybridized carbons (Fsp3) is 0.222. The molecule has 0 bridgehead atoms. The lowest BCUT2D eigenvalue weighted by molar-refractivity contribution is -0.245. The molecule has 1 aliphatic rings. The molecule has 1 aliphatic heterocycles. The molecule has 2 N–H and O–H groups in total. The highest BCUT2D eigenvalue weighted by molar-refractivity contribution is 7.99. The van der Waals surface area contributed by atoms with Crippen LogP contribution in [0.3, 0.4) is 0 Å². The Labute approximate surface area is 281 Å². The summed E-state index contributed by atoms with van der Waals surface area (Å²) in [4.78, 5) is 21.8. The number of benzene rings is 4. The zero-order valence-electron chi connectivity index (χ0n) is 26.1. The van der Waals surface area contributed by atoms with Crippen LogP contribution in [-0.2, 0) is 29.7 Å². The van der Waals surface area contributed by atoms with Crippen molar-refractivity contribution in [2.75, 3.05) is 5.75 Å². The quantitative estimate of drug-likeness (QED) is 0.179. The van der Waals surface area contributed by atoms with Gasteiger partial charge in [0, 0.05) is 31.3 Å². The number of aromatic nitrogens is 6. The summed E-state index contributed by atoms with van der Waals surface area (Å²) in [6.45, 7) is 0.320. The summed E-state index contributed by atoms with van der Waals surface area (Å²) in [6, 6.07) is 31.4. The van der Waals surface area contributed by atoms with Crippen LogP contribution < -0.4 is 5.32 Å². The molecule has 6 aromatic rings. The van der Waals surface area contributed by atoms with Crippen molar-refractivity contribution in [3.05, 3.63) is 131 Å². The van der Waals surface area contributed by atoms with E-state index in [4.69, 9.17) is 9.47 Å². The van der Waals surface area contributed by atoms with Gasteiger partial charge in [0.25, 0.3) is 5.91 Å². The normalized spacial score (nSPS) is 17.8. The molecule has 3 heterocycles. The third-order valence-corrected chi connectivity index (χ3v) is 9.37. The van der Waals surface area contributed by atoms with Crippen molar-refractivity contribution >= 4 is 28.7 Å². The Morgan fingerprint density at radius 1 is 0.938 bits per heavy atom. The number of hydrogen-bond acceptors (Lipinski definition) is 10. The summed E-state index contributed by atoms with van der Waals surface area (Å²) >= 11 is 1.54. The number of tetrazole rings is 1. The smallest absolute Gasteiger partial charge is 0.271 e. The fourth-order valence-electron chi connectivity index (χ4n) is 5.64. The summed E-state index contributed by atoms with van der Waals surface area (Å²) in [7, 11) is 1.81. The number of thioether (sulfide) groups is 1. The lowest BCUT2D eigenvalue weighted by atomic mass is 9.97. The molecule has 11 nitrogen and oxygen atoms in total. The first-order valence-electron chi connectivity index (χ1n) is 15.6. The standard InChI is InChI=1S/C36H33N7O4S/c1-43-36(40-41-42-43)48-22-28-18-33(25-12-10-23(21-44)11-13-25)47-35(46-28)26-16-14-24(15-17-26)29-7-3-2-6-27(29)19-38-34(45)32-20-37-30-8-4-5-9-31(30)39-32/h2-17,20,28,33,35,44H,18-19,21-22H2,1H3,(H,38,45). The second-order valence-corrected chi connectivity index (χ2v) is 12.4. The molecule has 0 saturated carbocycles. The monoisotopic (exact) mass is 659 g/mol. The lowest BCUT2D eigenvalue weighted by Gasteiger charge is -2.36. The van der Waals surface area contributed by atoms with E-state index < -0.39 is 6.29 Å². The number of para-hydroxylation sites is 2. The van der Waals surface area contributed by atoms with Gasteiger partial charge in [0.1, 0.15) is 5.69 Å². The molecule has 48 heavy (non-hydrogen) atoms. The van der Waals surface area contributed by atoms with Gasteiger partial charge in [-0.15, -0.1) is 5.10 Å². The minimum atomic E-state index is -0.587. The van der Waals surface area contributed by atoms with E-state index in [1.807, 2.05) is 104 Å². The van der Waals surface area contributed by atoms with Crippen LogP contribution in [0.15, 0.2) is 108 Å². The number of ether oxygens (including phenoxy) is 2. The molecular formula is C36H33N7O4S. The molecule has 1 amide bonds. The molecule has 0 radical (unpaired) electrons. The van der Waals surface area contributed by atoms with E-state index in [1.54, 1.807) is 16.4 Å². The van der Waals surface area contributed by atoms with Gasteiger partial charge in [-0.3, -0.25) is 9.78 Å². The summed E-state index contributed by atoms with van der Waals surface area (Å²) in [5.74, 6) is 0.370. The first-order chi connectivity index (χ1) is 23.5. The van der Waals surface area contributed by atoms with Crippen molar-refractivity contribution in [2.45, 2.75) is 43.2 Å². The van der Waals surface area contributed by atoms with Crippen LogP contribution in [-0.4, -0.2) is 53.0 Å². The van der Waals surface area contributed by atoms with E-state index in [9.17, 15) is 9.90 Å². The summed E-state index contributed by atoms with van der Waals surface area (Å²) in [5, 5.41) is 25.0. The van der Waals surface area contributed by atoms with Crippen LogP contribution in [0.5, 0.6) is 0 Å². The Balaban J connectivity index is 1.07. The third-order valence-electron chi connectivity index (χ3n) is 8.23. The van der Waals surface area contributed by atoms with E-state index in [-0.39, 0.29) is 30.4 Å². The average Bonchev–Trinajstić information content (AvgIpc) is 3.57. The number of fused-ring (bicyclic) bond motifs is 1.